The molecule has 5 nitrogen and oxygen atoms in total. The summed E-state index contributed by atoms with van der Waals surface area (Å²) in [5.41, 5.74) is 0. The summed E-state index contributed by atoms with van der Waals surface area (Å²) < 4.78 is 0. The predicted octanol–water partition coefficient (Wildman–Crippen LogP) is 3.48. The first-order valence-electron chi connectivity index (χ1n) is 10.5. The second-order valence-corrected chi connectivity index (χ2v) is 8.86. The SMILES string of the molecule is CCNC(=NCC(CCO)CC(C)C)NCC(c1cccs1)N1CCCC1. The maximum absolute atomic E-state index is 9.34. The second kappa shape index (κ2) is 12.4. The zero-order valence-corrected chi connectivity index (χ0v) is 18.1. The van der Waals surface area contributed by atoms with Crippen LogP contribution in [-0.4, -0.2) is 55.3 Å². The Labute approximate surface area is 169 Å². The Hall–Kier alpha value is -1.11. The van der Waals surface area contributed by atoms with Gasteiger partial charge in [-0.1, -0.05) is 19.9 Å². The number of aliphatic hydroxyl groups excluding tert-OH is 1. The lowest BCUT2D eigenvalue weighted by Gasteiger charge is -2.27. The monoisotopic (exact) mass is 394 g/mol. The van der Waals surface area contributed by atoms with Crippen LogP contribution >= 0.6 is 11.3 Å². The first kappa shape index (κ1) is 22.2. The number of rotatable bonds is 11. The summed E-state index contributed by atoms with van der Waals surface area (Å²) in [7, 11) is 0. The Balaban J connectivity index is 1.97. The first-order chi connectivity index (χ1) is 13.1. The maximum Gasteiger partial charge on any atom is 0.191 e. The van der Waals surface area contributed by atoms with Crippen molar-refractivity contribution in [3.8, 4) is 0 Å². The van der Waals surface area contributed by atoms with E-state index >= 15 is 0 Å². The molecule has 2 atom stereocenters. The fraction of sp³-hybridized carbons (Fsp3) is 0.762. The van der Waals surface area contributed by atoms with Gasteiger partial charge in [0.1, 0.15) is 0 Å². The molecule has 1 aliphatic heterocycles. The molecule has 1 fully saturated rings. The van der Waals surface area contributed by atoms with Crippen LogP contribution in [0.25, 0.3) is 0 Å². The third kappa shape index (κ3) is 7.80. The Bertz CT molecular complexity index is 526. The third-order valence-corrected chi connectivity index (χ3v) is 6.08. The van der Waals surface area contributed by atoms with Gasteiger partial charge in [0.2, 0.25) is 0 Å². The Morgan fingerprint density at radius 1 is 1.30 bits per heavy atom. The van der Waals surface area contributed by atoms with Gasteiger partial charge >= 0.3 is 0 Å². The maximum atomic E-state index is 9.34. The van der Waals surface area contributed by atoms with Crippen LogP contribution in [0.3, 0.4) is 0 Å². The highest BCUT2D eigenvalue weighted by molar-refractivity contribution is 7.10. The van der Waals surface area contributed by atoms with E-state index in [-0.39, 0.29) is 6.61 Å². The van der Waals surface area contributed by atoms with E-state index in [2.05, 4.69) is 53.8 Å². The molecule has 0 amide bonds. The van der Waals surface area contributed by atoms with Crippen LogP contribution in [0.4, 0.5) is 0 Å². The van der Waals surface area contributed by atoms with Crippen LogP contribution in [0, 0.1) is 11.8 Å². The Morgan fingerprint density at radius 2 is 2.07 bits per heavy atom. The summed E-state index contributed by atoms with van der Waals surface area (Å²) in [5.74, 6) is 1.97. The lowest BCUT2D eigenvalue weighted by molar-refractivity contribution is 0.245. The molecule has 0 saturated carbocycles. The molecule has 1 aliphatic rings. The van der Waals surface area contributed by atoms with Crippen molar-refractivity contribution < 1.29 is 5.11 Å². The van der Waals surface area contributed by atoms with Gasteiger partial charge in [-0.05, 0) is 69.0 Å². The van der Waals surface area contributed by atoms with Crippen LogP contribution in [0.15, 0.2) is 22.5 Å². The number of nitrogens with one attached hydrogen (secondary N) is 2. The van der Waals surface area contributed by atoms with E-state index in [0.717, 1.165) is 38.4 Å². The number of hydrogen-bond donors (Lipinski definition) is 3. The minimum atomic E-state index is 0.242. The molecule has 6 heteroatoms. The van der Waals surface area contributed by atoms with Crippen LogP contribution in [-0.2, 0) is 0 Å². The highest BCUT2D eigenvalue weighted by Crippen LogP contribution is 2.27. The number of hydrogen-bond acceptors (Lipinski definition) is 4. The molecule has 0 bridgehead atoms. The summed E-state index contributed by atoms with van der Waals surface area (Å²) in [5, 5.41) is 18.5. The van der Waals surface area contributed by atoms with Gasteiger partial charge in [0, 0.05) is 31.1 Å². The number of aliphatic hydroxyl groups is 1. The number of aliphatic imine (C=N–C) groups is 1. The van der Waals surface area contributed by atoms with E-state index in [4.69, 9.17) is 4.99 Å². The van der Waals surface area contributed by atoms with E-state index in [9.17, 15) is 5.11 Å². The van der Waals surface area contributed by atoms with Gasteiger partial charge in [-0.3, -0.25) is 9.89 Å². The lowest BCUT2D eigenvalue weighted by Crippen LogP contribution is -2.42. The molecular formula is C21H38N4OS. The standard InChI is InChI=1S/C21H38N4OS/c1-4-22-21(23-15-18(9-12-26)14-17(2)3)24-16-19(20-8-7-13-27-20)25-10-5-6-11-25/h7-8,13,17-19,26H,4-6,9-12,14-16H2,1-3H3,(H2,22,23,24). The van der Waals surface area contributed by atoms with Crippen LogP contribution in [0.5, 0.6) is 0 Å². The fourth-order valence-electron chi connectivity index (χ4n) is 3.83. The topological polar surface area (TPSA) is 59.9 Å². The van der Waals surface area contributed by atoms with Crippen molar-refractivity contribution >= 4 is 17.3 Å². The van der Waals surface area contributed by atoms with Crippen molar-refractivity contribution in [1.82, 2.24) is 15.5 Å². The predicted molar refractivity (Wildman–Crippen MR) is 116 cm³/mol. The molecule has 1 aromatic rings. The lowest BCUT2D eigenvalue weighted by atomic mass is 9.94. The van der Waals surface area contributed by atoms with Crippen LogP contribution in [0.2, 0.25) is 0 Å². The van der Waals surface area contributed by atoms with Gasteiger partial charge in [0.15, 0.2) is 5.96 Å². The van der Waals surface area contributed by atoms with E-state index < -0.39 is 0 Å². The summed E-state index contributed by atoms with van der Waals surface area (Å²) in [4.78, 5) is 8.86. The van der Waals surface area contributed by atoms with Gasteiger partial charge in [-0.2, -0.15) is 0 Å². The molecule has 0 aromatic carbocycles. The Kier molecular flexibility index (Phi) is 10.2. The normalized spacial score (nSPS) is 18.0. The van der Waals surface area contributed by atoms with Crippen molar-refractivity contribution in [3.05, 3.63) is 22.4 Å². The van der Waals surface area contributed by atoms with Crippen molar-refractivity contribution in [1.29, 1.82) is 0 Å². The summed E-state index contributed by atoms with van der Waals surface area (Å²) in [6.45, 7) is 11.7. The molecule has 2 unspecified atom stereocenters. The molecule has 154 valence electrons. The molecule has 3 N–H and O–H groups in total. The van der Waals surface area contributed by atoms with Gasteiger partial charge in [-0.25, -0.2) is 0 Å². The molecule has 0 aliphatic carbocycles. The van der Waals surface area contributed by atoms with E-state index in [1.54, 1.807) is 0 Å². The first-order valence-corrected chi connectivity index (χ1v) is 11.4. The van der Waals surface area contributed by atoms with Crippen molar-refractivity contribution in [2.45, 2.75) is 52.5 Å². The van der Waals surface area contributed by atoms with Crippen molar-refractivity contribution in [2.24, 2.45) is 16.8 Å². The van der Waals surface area contributed by atoms with E-state index in [1.807, 2.05) is 11.3 Å². The highest BCUT2D eigenvalue weighted by atomic mass is 32.1. The molecule has 1 aromatic heterocycles. The summed E-state index contributed by atoms with van der Waals surface area (Å²) in [6.07, 6.45) is 4.53. The number of thiophene rings is 1. The van der Waals surface area contributed by atoms with Gasteiger partial charge in [-0.15, -0.1) is 11.3 Å². The van der Waals surface area contributed by atoms with Crippen LogP contribution < -0.4 is 10.6 Å². The minimum Gasteiger partial charge on any atom is -0.396 e. The zero-order valence-electron chi connectivity index (χ0n) is 17.3. The van der Waals surface area contributed by atoms with E-state index in [1.165, 1.54) is 30.8 Å². The fourth-order valence-corrected chi connectivity index (χ4v) is 4.69. The van der Waals surface area contributed by atoms with Gasteiger partial charge < -0.3 is 15.7 Å². The van der Waals surface area contributed by atoms with E-state index in [0.29, 0.717) is 17.9 Å². The highest BCUT2D eigenvalue weighted by Gasteiger charge is 2.24. The van der Waals surface area contributed by atoms with Gasteiger partial charge in [0.05, 0.1) is 6.04 Å². The van der Waals surface area contributed by atoms with Crippen molar-refractivity contribution in [2.75, 3.05) is 39.3 Å². The number of guanidine groups is 1. The molecule has 2 heterocycles. The van der Waals surface area contributed by atoms with Crippen LogP contribution in [0.1, 0.15) is 57.4 Å². The molecule has 27 heavy (non-hydrogen) atoms. The molecular weight excluding hydrogens is 356 g/mol. The minimum absolute atomic E-state index is 0.242. The van der Waals surface area contributed by atoms with Crippen molar-refractivity contribution in [3.63, 3.8) is 0 Å². The van der Waals surface area contributed by atoms with Gasteiger partial charge in [0.25, 0.3) is 0 Å². The molecule has 0 spiro atoms. The zero-order chi connectivity index (χ0) is 19.5. The summed E-state index contributed by atoms with van der Waals surface area (Å²) in [6, 6.07) is 4.81. The summed E-state index contributed by atoms with van der Waals surface area (Å²) >= 11 is 1.84. The molecule has 2 rings (SSSR count). The second-order valence-electron chi connectivity index (χ2n) is 7.88. The average Bonchev–Trinajstić information content (AvgIpc) is 3.33. The smallest absolute Gasteiger partial charge is 0.191 e. The quantitative estimate of drug-likeness (QED) is 0.397. The third-order valence-electron chi connectivity index (χ3n) is 5.11. The number of nitrogens with zero attached hydrogens (tertiary/aromatic N) is 2. The average molecular weight is 395 g/mol. The molecule has 1 saturated heterocycles. The largest absolute Gasteiger partial charge is 0.396 e. The number of likely N-dealkylation sites (tertiary alicyclic amines) is 1. The molecule has 0 radical (unpaired) electrons. The Morgan fingerprint density at radius 3 is 2.67 bits per heavy atom.